The number of nitrogens with zero attached hydrogens (tertiary/aromatic N) is 3. The van der Waals surface area contributed by atoms with Crippen LogP contribution in [0.25, 0.3) is 0 Å². The Labute approximate surface area is 250 Å². The lowest BCUT2D eigenvalue weighted by Crippen LogP contribution is -2.51. The summed E-state index contributed by atoms with van der Waals surface area (Å²) in [6.07, 6.45) is 2.59. The van der Waals surface area contributed by atoms with Crippen LogP contribution < -0.4 is 10.6 Å². The molecule has 1 aromatic heterocycles. The number of hydrogen-bond acceptors (Lipinski definition) is 8. The molecule has 0 radical (unpaired) electrons. The molecule has 3 fully saturated rings. The van der Waals surface area contributed by atoms with Gasteiger partial charge in [-0.1, -0.05) is 31.1 Å². The highest BCUT2D eigenvalue weighted by molar-refractivity contribution is 7.15. The van der Waals surface area contributed by atoms with Crippen LogP contribution in [0.3, 0.4) is 0 Å². The molecule has 2 aliphatic heterocycles. The van der Waals surface area contributed by atoms with Gasteiger partial charge in [0.1, 0.15) is 0 Å². The molecule has 2 unspecified atom stereocenters. The van der Waals surface area contributed by atoms with Crippen LogP contribution in [0.2, 0.25) is 0 Å². The Bertz CT molecular complexity index is 1100. The van der Waals surface area contributed by atoms with E-state index in [1.54, 1.807) is 6.20 Å². The van der Waals surface area contributed by atoms with Gasteiger partial charge in [-0.25, -0.2) is 18.6 Å². The van der Waals surface area contributed by atoms with Crippen LogP contribution in [0.4, 0.5) is 18.7 Å². The molecule has 10 nitrogen and oxygen atoms in total. The van der Waals surface area contributed by atoms with E-state index in [9.17, 15) is 23.2 Å². The Hall–Kier alpha value is -2.38. The van der Waals surface area contributed by atoms with E-state index in [2.05, 4.69) is 27.4 Å². The molecular formula is C29H45F2N5O5S. The van der Waals surface area contributed by atoms with Crippen LogP contribution in [0.15, 0.2) is 6.20 Å². The third kappa shape index (κ3) is 9.06. The van der Waals surface area contributed by atoms with Crippen LogP contribution in [-0.2, 0) is 19.1 Å². The quantitative estimate of drug-likeness (QED) is 0.432. The van der Waals surface area contributed by atoms with Crippen molar-refractivity contribution in [2.45, 2.75) is 103 Å². The Kier molecular flexibility index (Phi) is 10.5. The van der Waals surface area contributed by atoms with Crippen LogP contribution >= 0.6 is 11.3 Å². The third-order valence-corrected chi connectivity index (χ3v) is 9.11. The molecule has 42 heavy (non-hydrogen) atoms. The summed E-state index contributed by atoms with van der Waals surface area (Å²) in [5.74, 6) is -3.35. The van der Waals surface area contributed by atoms with Crippen molar-refractivity contribution < 1.29 is 32.6 Å². The minimum Gasteiger partial charge on any atom is -0.436 e. The first kappa shape index (κ1) is 32.5. The van der Waals surface area contributed by atoms with Crippen molar-refractivity contribution in [3.63, 3.8) is 0 Å². The van der Waals surface area contributed by atoms with E-state index in [1.807, 2.05) is 27.7 Å². The minimum atomic E-state index is -2.97. The summed E-state index contributed by atoms with van der Waals surface area (Å²) in [5.41, 5.74) is -0.528. The monoisotopic (exact) mass is 613 g/mol. The highest BCUT2D eigenvalue weighted by atomic mass is 32.1. The van der Waals surface area contributed by atoms with Crippen LogP contribution in [0.5, 0.6) is 0 Å². The summed E-state index contributed by atoms with van der Waals surface area (Å²) in [5, 5.41) is 5.84. The first-order valence-electron chi connectivity index (χ1n) is 15.0. The summed E-state index contributed by atoms with van der Waals surface area (Å²) in [7, 11) is 0. The summed E-state index contributed by atoms with van der Waals surface area (Å²) in [6.45, 7) is 11.1. The van der Waals surface area contributed by atoms with Gasteiger partial charge in [0.05, 0.1) is 30.2 Å². The maximum atomic E-state index is 14.5. The molecule has 3 aliphatic rings. The van der Waals surface area contributed by atoms with Crippen molar-refractivity contribution in [1.82, 2.24) is 20.1 Å². The number of hydrogen-bond donors (Lipinski definition) is 2. The summed E-state index contributed by atoms with van der Waals surface area (Å²) >= 11 is 1.15. The number of aromatic nitrogens is 1. The van der Waals surface area contributed by atoms with Gasteiger partial charge in [0.2, 0.25) is 5.91 Å². The van der Waals surface area contributed by atoms with Gasteiger partial charge in [-0.3, -0.25) is 19.8 Å². The van der Waals surface area contributed by atoms with Gasteiger partial charge < -0.3 is 19.7 Å². The number of amides is 3. The number of morpholine rings is 1. The average Bonchev–Trinajstić information content (AvgIpc) is 3.35. The summed E-state index contributed by atoms with van der Waals surface area (Å²) in [4.78, 5) is 47.4. The molecule has 3 atom stereocenters. The van der Waals surface area contributed by atoms with Crippen molar-refractivity contribution in [3.05, 3.63) is 11.1 Å². The van der Waals surface area contributed by atoms with Crippen molar-refractivity contribution >= 4 is 34.4 Å². The Balaban J connectivity index is 1.52. The van der Waals surface area contributed by atoms with Crippen molar-refractivity contribution in [2.75, 3.05) is 38.1 Å². The lowest BCUT2D eigenvalue weighted by molar-refractivity contribution is -0.152. The van der Waals surface area contributed by atoms with E-state index < -0.39 is 48.6 Å². The molecule has 3 amide bonds. The number of nitrogens with one attached hydrogen (secondary N) is 2. The molecule has 0 bridgehead atoms. The first-order valence-corrected chi connectivity index (χ1v) is 15.8. The second kappa shape index (κ2) is 13.5. The maximum Gasteiger partial charge on any atom is 0.408 e. The zero-order valence-corrected chi connectivity index (χ0v) is 26.1. The molecule has 2 saturated heterocycles. The number of likely N-dealkylation sites (tertiary alicyclic amines) is 1. The van der Waals surface area contributed by atoms with Gasteiger partial charge in [0.15, 0.2) is 11.2 Å². The van der Waals surface area contributed by atoms with Crippen molar-refractivity contribution in [2.24, 2.45) is 11.8 Å². The smallest absolute Gasteiger partial charge is 0.408 e. The Morgan fingerprint density at radius 1 is 1.24 bits per heavy atom. The normalized spacial score (nSPS) is 26.8. The first-order chi connectivity index (χ1) is 19.7. The Morgan fingerprint density at radius 3 is 2.62 bits per heavy atom. The van der Waals surface area contributed by atoms with Crippen molar-refractivity contribution in [3.8, 4) is 0 Å². The van der Waals surface area contributed by atoms with E-state index in [0.29, 0.717) is 37.0 Å². The van der Waals surface area contributed by atoms with Crippen LogP contribution in [0.1, 0.15) is 84.1 Å². The lowest BCUT2D eigenvalue weighted by Gasteiger charge is -2.41. The van der Waals surface area contributed by atoms with E-state index in [0.717, 1.165) is 37.0 Å². The largest absolute Gasteiger partial charge is 0.436 e. The molecule has 0 spiro atoms. The van der Waals surface area contributed by atoms with Crippen LogP contribution in [0, 0.1) is 11.8 Å². The van der Waals surface area contributed by atoms with E-state index in [4.69, 9.17) is 9.47 Å². The number of alkyl halides is 2. The van der Waals surface area contributed by atoms with E-state index in [-0.39, 0.29) is 29.5 Å². The molecular weight excluding hydrogens is 568 g/mol. The second-order valence-corrected chi connectivity index (χ2v) is 14.2. The molecule has 3 heterocycles. The van der Waals surface area contributed by atoms with Gasteiger partial charge in [-0.2, -0.15) is 0 Å². The zero-order valence-electron chi connectivity index (χ0n) is 25.3. The fraction of sp³-hybridized carbons (Fsp3) is 0.793. The van der Waals surface area contributed by atoms with Gasteiger partial charge in [-0.15, -0.1) is 0 Å². The molecule has 13 heteroatoms. The SMILES string of the molecule is CC1CCC(C(OC(=O)NC(C)(C)C)C(=O)Nc2ncc(C(CN3CCO[C@H](C)C3)N3CC(F)(F)CCC3=O)s2)CC1. The highest BCUT2D eigenvalue weighted by Gasteiger charge is 2.43. The summed E-state index contributed by atoms with van der Waals surface area (Å²) in [6, 6.07) is -0.651. The van der Waals surface area contributed by atoms with Gasteiger partial charge >= 0.3 is 6.09 Å². The zero-order chi connectivity index (χ0) is 30.7. The minimum absolute atomic E-state index is 0.00981. The molecule has 1 saturated carbocycles. The molecule has 1 aromatic rings. The van der Waals surface area contributed by atoms with E-state index >= 15 is 0 Å². The predicted molar refractivity (Wildman–Crippen MR) is 156 cm³/mol. The average molecular weight is 614 g/mol. The topological polar surface area (TPSA) is 113 Å². The number of thiazole rings is 1. The highest BCUT2D eigenvalue weighted by Crippen LogP contribution is 2.37. The number of halogens is 2. The second-order valence-electron chi connectivity index (χ2n) is 13.1. The fourth-order valence-electron chi connectivity index (χ4n) is 5.86. The van der Waals surface area contributed by atoms with Crippen molar-refractivity contribution in [1.29, 1.82) is 0 Å². The predicted octanol–water partition coefficient (Wildman–Crippen LogP) is 4.82. The fourth-order valence-corrected chi connectivity index (χ4v) is 6.78. The number of carbonyl (C=O) groups is 3. The molecule has 236 valence electrons. The number of anilines is 1. The van der Waals surface area contributed by atoms with Gasteiger partial charge in [-0.05, 0) is 46.5 Å². The number of rotatable bonds is 8. The molecule has 1 aliphatic carbocycles. The maximum absolute atomic E-state index is 14.5. The summed E-state index contributed by atoms with van der Waals surface area (Å²) < 4.78 is 40.3. The molecule has 4 rings (SSSR count). The van der Waals surface area contributed by atoms with Gasteiger partial charge in [0.25, 0.3) is 11.8 Å². The molecule has 2 N–H and O–H groups in total. The Morgan fingerprint density at radius 2 is 1.95 bits per heavy atom. The van der Waals surface area contributed by atoms with Gasteiger partial charge in [0, 0.05) is 50.1 Å². The number of alkyl carbamates (subject to hydrolysis) is 1. The number of ether oxygens (including phenoxy) is 2. The van der Waals surface area contributed by atoms with E-state index in [1.165, 1.54) is 4.90 Å². The number of carbonyl (C=O) groups excluding carboxylic acids is 3. The van der Waals surface area contributed by atoms with Crippen LogP contribution in [-0.4, -0.2) is 89.1 Å². The third-order valence-electron chi connectivity index (χ3n) is 8.10. The molecule has 0 aromatic carbocycles. The number of piperidine rings is 1. The standard InChI is InChI=1S/C29H45F2N5O5S/c1-18-6-8-20(9-7-18)24(41-27(39)34-28(3,4)5)25(38)33-26-32-14-22(42-26)21(16-35-12-13-40-19(2)15-35)36-17-29(30,31)11-10-23(36)37/h14,18-21,24H,6-13,15-17H2,1-5H3,(H,34,39)(H,32,33,38)/t18?,19-,20?,21?,24?/m1/s1. The lowest BCUT2D eigenvalue weighted by atomic mass is 9.80.